The molecule has 0 radical (unpaired) electrons. The molecule has 202 valence electrons. The summed E-state index contributed by atoms with van der Waals surface area (Å²) in [7, 11) is 3.08. The number of carbonyl (C=O) groups excluding carboxylic acids is 2. The molecule has 0 fully saturated rings. The second kappa shape index (κ2) is 13.0. The van der Waals surface area contributed by atoms with Gasteiger partial charge in [-0.1, -0.05) is 42.4 Å². The van der Waals surface area contributed by atoms with Crippen molar-refractivity contribution in [2.45, 2.75) is 51.4 Å². The van der Waals surface area contributed by atoms with E-state index in [0.717, 1.165) is 17.0 Å². The Morgan fingerprint density at radius 1 is 1.03 bits per heavy atom. The van der Waals surface area contributed by atoms with Gasteiger partial charge in [0, 0.05) is 29.0 Å². The Kier molecular flexibility index (Phi) is 9.99. The van der Waals surface area contributed by atoms with Gasteiger partial charge in [-0.2, -0.15) is 0 Å². The van der Waals surface area contributed by atoms with Gasteiger partial charge in [0.05, 0.1) is 25.7 Å². The molecule has 0 spiro atoms. The smallest absolute Gasteiger partial charge is 0.250 e. The Morgan fingerprint density at radius 3 is 2.26 bits per heavy atom. The van der Waals surface area contributed by atoms with Crippen LogP contribution in [-0.4, -0.2) is 52.2 Å². The molecule has 2 amide bonds. The fourth-order valence-electron chi connectivity index (χ4n) is 3.91. The Hall–Kier alpha value is -3.30. The summed E-state index contributed by atoms with van der Waals surface area (Å²) in [5.41, 5.74) is 1.82. The molecule has 0 saturated heterocycles. The Bertz CT molecular complexity index is 1270. The van der Waals surface area contributed by atoms with Gasteiger partial charge in [0.2, 0.25) is 11.8 Å². The molecular weight excluding hydrogens is 524 g/mol. The Balaban J connectivity index is 1.91. The molecular formula is C28H33ClN4O4S. The Morgan fingerprint density at radius 2 is 1.68 bits per heavy atom. The zero-order chi connectivity index (χ0) is 27.9. The maximum atomic E-state index is 13.8. The van der Waals surface area contributed by atoms with E-state index in [4.69, 9.17) is 21.1 Å². The predicted octanol–water partition coefficient (Wildman–Crippen LogP) is 5.69. The van der Waals surface area contributed by atoms with Crippen molar-refractivity contribution in [3.05, 3.63) is 70.5 Å². The highest BCUT2D eigenvalue weighted by atomic mass is 35.5. The Labute approximate surface area is 233 Å². The van der Waals surface area contributed by atoms with Crippen molar-refractivity contribution in [2.75, 3.05) is 25.3 Å². The van der Waals surface area contributed by atoms with Gasteiger partial charge in [0.1, 0.15) is 17.0 Å². The highest BCUT2D eigenvalue weighted by molar-refractivity contribution is 7.99. The number of hydrogen-bond donors (Lipinski definition) is 1. The molecule has 0 bridgehead atoms. The highest BCUT2D eigenvalue weighted by Crippen LogP contribution is 2.32. The molecule has 1 atom stereocenters. The molecule has 0 saturated carbocycles. The average molecular weight is 557 g/mol. The molecule has 2 aromatic carbocycles. The molecule has 1 aromatic heterocycles. The van der Waals surface area contributed by atoms with E-state index in [2.05, 4.69) is 15.3 Å². The second-order valence-corrected chi connectivity index (χ2v) is 10.4. The lowest BCUT2D eigenvalue weighted by Gasteiger charge is -2.39. The average Bonchev–Trinajstić information content (AvgIpc) is 2.90. The number of aromatic nitrogens is 2. The number of nitrogens with one attached hydrogen (secondary N) is 1. The van der Waals surface area contributed by atoms with Crippen molar-refractivity contribution < 1.29 is 19.1 Å². The van der Waals surface area contributed by atoms with Gasteiger partial charge in [-0.3, -0.25) is 9.59 Å². The van der Waals surface area contributed by atoms with Gasteiger partial charge in [0.25, 0.3) is 0 Å². The summed E-state index contributed by atoms with van der Waals surface area (Å²) in [6.07, 6.45) is 0.376. The number of benzene rings is 2. The molecule has 38 heavy (non-hydrogen) atoms. The number of anilines is 1. The monoisotopic (exact) mass is 556 g/mol. The van der Waals surface area contributed by atoms with Gasteiger partial charge in [-0.05, 0) is 63.1 Å². The van der Waals surface area contributed by atoms with Crippen LogP contribution in [0.1, 0.15) is 37.2 Å². The number of ether oxygens (including phenoxy) is 2. The first-order valence-corrected chi connectivity index (χ1v) is 13.5. The van der Waals surface area contributed by atoms with Gasteiger partial charge in [0.15, 0.2) is 5.16 Å². The van der Waals surface area contributed by atoms with Gasteiger partial charge >= 0.3 is 0 Å². The molecule has 8 nitrogen and oxygen atoms in total. The van der Waals surface area contributed by atoms with Crippen LogP contribution in [0.2, 0.25) is 5.02 Å². The lowest BCUT2D eigenvalue weighted by atomic mass is 9.93. The predicted molar refractivity (Wildman–Crippen MR) is 151 cm³/mol. The summed E-state index contributed by atoms with van der Waals surface area (Å²) in [6.45, 7) is 7.65. The van der Waals surface area contributed by atoms with E-state index in [1.54, 1.807) is 49.3 Å². The van der Waals surface area contributed by atoms with Gasteiger partial charge < -0.3 is 19.7 Å². The normalized spacial score (nSPS) is 12.4. The summed E-state index contributed by atoms with van der Waals surface area (Å²) in [5.74, 6) is 0.579. The SMILES string of the molecule is CCC(C)(C(=O)Nc1ccc(OC)cc1OC)N(Cc1ccc(Cl)cc1)C(=O)CSc1nc(C)cc(C)n1. The van der Waals surface area contributed by atoms with Crippen molar-refractivity contribution in [2.24, 2.45) is 0 Å². The van der Waals surface area contributed by atoms with Crippen molar-refractivity contribution >= 4 is 40.9 Å². The molecule has 3 aromatic rings. The number of hydrogen-bond acceptors (Lipinski definition) is 7. The number of carbonyl (C=O) groups is 2. The van der Waals surface area contributed by atoms with E-state index in [1.165, 1.54) is 18.9 Å². The minimum atomic E-state index is -1.18. The molecule has 0 aliphatic heterocycles. The third-order valence-corrected chi connectivity index (χ3v) is 7.36. The van der Waals surface area contributed by atoms with Gasteiger partial charge in [-0.25, -0.2) is 9.97 Å². The van der Waals surface area contributed by atoms with E-state index in [9.17, 15) is 9.59 Å². The lowest BCUT2D eigenvalue weighted by molar-refractivity contribution is -0.143. The number of halogens is 1. The summed E-state index contributed by atoms with van der Waals surface area (Å²) in [6, 6.07) is 14.3. The first kappa shape index (κ1) is 29.3. The quantitative estimate of drug-likeness (QED) is 0.239. The third-order valence-electron chi connectivity index (χ3n) is 6.27. The third kappa shape index (κ3) is 7.17. The van der Waals surface area contributed by atoms with Crippen molar-refractivity contribution in [1.82, 2.24) is 14.9 Å². The molecule has 1 N–H and O–H groups in total. The van der Waals surface area contributed by atoms with Crippen LogP contribution in [-0.2, 0) is 16.1 Å². The van der Waals surface area contributed by atoms with Crippen molar-refractivity contribution in [1.29, 1.82) is 0 Å². The lowest BCUT2D eigenvalue weighted by Crippen LogP contribution is -2.57. The molecule has 3 rings (SSSR count). The van der Waals surface area contributed by atoms with Crippen LogP contribution < -0.4 is 14.8 Å². The molecule has 10 heteroatoms. The molecule has 0 aliphatic rings. The summed E-state index contributed by atoms with van der Waals surface area (Å²) >= 11 is 7.33. The van der Waals surface area contributed by atoms with Crippen LogP contribution in [0.5, 0.6) is 11.5 Å². The minimum Gasteiger partial charge on any atom is -0.497 e. The van der Waals surface area contributed by atoms with Crippen molar-refractivity contribution in [3.63, 3.8) is 0 Å². The van der Waals surface area contributed by atoms with Crippen LogP contribution in [0.25, 0.3) is 0 Å². The van der Waals surface area contributed by atoms with E-state index < -0.39 is 5.54 Å². The van der Waals surface area contributed by atoms with E-state index in [1.807, 2.05) is 39.0 Å². The molecule has 1 unspecified atom stereocenters. The number of nitrogens with zero attached hydrogens (tertiary/aromatic N) is 3. The topological polar surface area (TPSA) is 93.7 Å². The first-order chi connectivity index (χ1) is 18.1. The summed E-state index contributed by atoms with van der Waals surface area (Å²) in [5, 5.41) is 4.07. The standard InChI is InChI=1S/C28H33ClN4O4S/c1-7-28(4,26(35)32-23-13-12-22(36-5)15-24(23)37-6)33(16-20-8-10-21(29)11-9-20)25(34)17-38-27-30-18(2)14-19(3)31-27/h8-15H,7,16-17H2,1-6H3,(H,32,35). The number of thioether (sulfide) groups is 1. The van der Waals surface area contributed by atoms with Crippen LogP contribution in [0.4, 0.5) is 5.69 Å². The first-order valence-electron chi connectivity index (χ1n) is 12.1. The fraction of sp³-hybridized carbons (Fsp3) is 0.357. The maximum absolute atomic E-state index is 13.8. The summed E-state index contributed by atoms with van der Waals surface area (Å²) < 4.78 is 10.7. The van der Waals surface area contributed by atoms with Crippen LogP contribution >= 0.6 is 23.4 Å². The maximum Gasteiger partial charge on any atom is 0.250 e. The van der Waals surface area contributed by atoms with E-state index in [0.29, 0.717) is 33.8 Å². The molecule has 1 heterocycles. The van der Waals surface area contributed by atoms with Gasteiger partial charge in [-0.15, -0.1) is 0 Å². The summed E-state index contributed by atoms with van der Waals surface area (Å²) in [4.78, 5) is 38.0. The minimum absolute atomic E-state index is 0.0746. The second-order valence-electron chi connectivity index (χ2n) is 8.98. The van der Waals surface area contributed by atoms with E-state index >= 15 is 0 Å². The van der Waals surface area contributed by atoms with Crippen LogP contribution in [0.3, 0.4) is 0 Å². The highest BCUT2D eigenvalue weighted by Gasteiger charge is 2.41. The van der Waals surface area contributed by atoms with Crippen molar-refractivity contribution in [3.8, 4) is 11.5 Å². The number of aryl methyl sites for hydroxylation is 2. The van der Waals surface area contributed by atoms with Crippen LogP contribution in [0, 0.1) is 13.8 Å². The zero-order valence-corrected chi connectivity index (χ0v) is 24.1. The van der Waals surface area contributed by atoms with Crippen LogP contribution in [0.15, 0.2) is 53.7 Å². The largest absolute Gasteiger partial charge is 0.497 e. The number of amides is 2. The number of rotatable bonds is 11. The molecule has 0 aliphatic carbocycles. The zero-order valence-electron chi connectivity index (χ0n) is 22.5. The number of methoxy groups -OCH3 is 2. The van der Waals surface area contributed by atoms with E-state index in [-0.39, 0.29) is 24.1 Å². The fourth-order valence-corrected chi connectivity index (χ4v) is 4.86.